The summed E-state index contributed by atoms with van der Waals surface area (Å²) in [6.45, 7) is 0. The summed E-state index contributed by atoms with van der Waals surface area (Å²) < 4.78 is 0. The van der Waals surface area contributed by atoms with Crippen molar-refractivity contribution in [3.63, 3.8) is 0 Å². The molecule has 1 aliphatic rings. The average Bonchev–Trinajstić information content (AvgIpc) is 2.16. The van der Waals surface area contributed by atoms with E-state index in [0.717, 1.165) is 12.0 Å². The molecule has 0 fully saturated rings. The van der Waals surface area contributed by atoms with Gasteiger partial charge in [-0.05, 0) is 32.5 Å². The Kier molecular flexibility index (Phi) is 3.43. The summed E-state index contributed by atoms with van der Waals surface area (Å²) in [5.41, 5.74) is 7.44. The van der Waals surface area contributed by atoms with E-state index in [-0.39, 0.29) is 6.17 Å². The minimum Gasteiger partial charge on any atom is -0.478 e. The topological polar surface area (TPSA) is 66.6 Å². The van der Waals surface area contributed by atoms with Gasteiger partial charge in [0.25, 0.3) is 0 Å². The third kappa shape index (κ3) is 2.43. The number of nitrogens with zero attached hydrogens (tertiary/aromatic N) is 1. The Balaban J connectivity index is 2.73. The van der Waals surface area contributed by atoms with Crippen LogP contribution in [0.15, 0.2) is 23.3 Å². The van der Waals surface area contributed by atoms with Gasteiger partial charge in [0.2, 0.25) is 0 Å². The average molecular weight is 196 g/mol. The summed E-state index contributed by atoms with van der Waals surface area (Å²) in [6.07, 6.45) is 4.66. The lowest BCUT2D eigenvalue weighted by atomic mass is 9.96. The van der Waals surface area contributed by atoms with Gasteiger partial charge in [-0.1, -0.05) is 12.2 Å². The number of carboxylic acid groups (broad SMARTS) is 1. The van der Waals surface area contributed by atoms with Crippen LogP contribution in [0.3, 0.4) is 0 Å². The molecule has 78 valence electrons. The molecule has 1 atom stereocenters. The highest BCUT2D eigenvalue weighted by Crippen LogP contribution is 2.20. The number of allylic oxidation sites excluding steroid dienone is 2. The fourth-order valence-corrected chi connectivity index (χ4v) is 1.41. The molecule has 4 nitrogen and oxygen atoms in total. The van der Waals surface area contributed by atoms with Crippen molar-refractivity contribution in [2.45, 2.75) is 19.0 Å². The summed E-state index contributed by atoms with van der Waals surface area (Å²) in [6, 6.07) is 0. The quantitative estimate of drug-likeness (QED) is 0.647. The maximum atomic E-state index is 10.6. The Morgan fingerprint density at radius 2 is 2.14 bits per heavy atom. The zero-order chi connectivity index (χ0) is 10.7. The van der Waals surface area contributed by atoms with Crippen LogP contribution in [0.5, 0.6) is 0 Å². The molecule has 0 heterocycles. The van der Waals surface area contributed by atoms with Crippen LogP contribution in [-0.2, 0) is 4.79 Å². The van der Waals surface area contributed by atoms with E-state index in [4.69, 9.17) is 10.8 Å². The van der Waals surface area contributed by atoms with Crippen LogP contribution >= 0.6 is 0 Å². The first-order chi connectivity index (χ1) is 6.52. The van der Waals surface area contributed by atoms with Gasteiger partial charge in [-0.3, -0.25) is 4.90 Å². The third-order valence-electron chi connectivity index (χ3n) is 2.39. The van der Waals surface area contributed by atoms with Gasteiger partial charge >= 0.3 is 5.97 Å². The molecule has 0 aliphatic heterocycles. The molecule has 0 radical (unpaired) electrons. The number of rotatable bonds is 3. The maximum Gasteiger partial charge on any atom is 0.331 e. The Labute approximate surface area is 83.7 Å². The molecular weight excluding hydrogens is 180 g/mol. The van der Waals surface area contributed by atoms with Crippen LogP contribution < -0.4 is 5.73 Å². The highest BCUT2D eigenvalue weighted by molar-refractivity contribution is 5.87. The predicted molar refractivity (Wildman–Crippen MR) is 54.7 cm³/mol. The zero-order valence-corrected chi connectivity index (χ0v) is 8.53. The fourth-order valence-electron chi connectivity index (χ4n) is 1.41. The van der Waals surface area contributed by atoms with Crippen molar-refractivity contribution in [1.29, 1.82) is 0 Å². The highest BCUT2D eigenvalue weighted by atomic mass is 16.4. The van der Waals surface area contributed by atoms with Gasteiger partial charge in [-0.15, -0.1) is 0 Å². The summed E-state index contributed by atoms with van der Waals surface area (Å²) in [5, 5.41) is 8.73. The van der Waals surface area contributed by atoms with E-state index >= 15 is 0 Å². The van der Waals surface area contributed by atoms with E-state index in [0.29, 0.717) is 12.0 Å². The summed E-state index contributed by atoms with van der Waals surface area (Å²) in [7, 11) is 3.81. The SMILES string of the molecule is CN(C)C(N)C1=CC=C(C(=O)O)CC1. The Bertz CT molecular complexity index is 292. The fraction of sp³-hybridized carbons (Fsp3) is 0.500. The minimum absolute atomic E-state index is 0.110. The van der Waals surface area contributed by atoms with Crippen LogP contribution in [-0.4, -0.2) is 36.2 Å². The monoisotopic (exact) mass is 196 g/mol. The number of carbonyl (C=O) groups is 1. The molecule has 0 saturated carbocycles. The number of likely N-dealkylation sites (N-methyl/N-ethyl adjacent to an activating group) is 1. The lowest BCUT2D eigenvalue weighted by Gasteiger charge is -2.24. The molecule has 0 aromatic carbocycles. The van der Waals surface area contributed by atoms with Crippen molar-refractivity contribution in [3.05, 3.63) is 23.3 Å². The molecule has 0 aromatic heterocycles. The molecule has 1 unspecified atom stereocenters. The maximum absolute atomic E-state index is 10.6. The number of aliphatic carboxylic acids is 1. The second-order valence-corrected chi connectivity index (χ2v) is 3.65. The van der Waals surface area contributed by atoms with Crippen LogP contribution in [0, 0.1) is 0 Å². The largest absolute Gasteiger partial charge is 0.478 e. The first-order valence-electron chi connectivity index (χ1n) is 4.57. The van der Waals surface area contributed by atoms with Gasteiger partial charge < -0.3 is 10.8 Å². The molecule has 0 amide bonds. The van der Waals surface area contributed by atoms with Gasteiger partial charge in [0.15, 0.2) is 0 Å². The van der Waals surface area contributed by atoms with E-state index in [1.807, 2.05) is 25.1 Å². The van der Waals surface area contributed by atoms with Crippen LogP contribution in [0.25, 0.3) is 0 Å². The van der Waals surface area contributed by atoms with Gasteiger partial charge in [-0.2, -0.15) is 0 Å². The van der Waals surface area contributed by atoms with Crippen LogP contribution in [0.2, 0.25) is 0 Å². The van der Waals surface area contributed by atoms with Gasteiger partial charge in [-0.25, -0.2) is 4.79 Å². The summed E-state index contributed by atoms with van der Waals surface area (Å²) in [5.74, 6) is -0.835. The normalized spacial score (nSPS) is 18.9. The Morgan fingerprint density at radius 1 is 1.50 bits per heavy atom. The lowest BCUT2D eigenvalue weighted by Crippen LogP contribution is -2.38. The lowest BCUT2D eigenvalue weighted by molar-refractivity contribution is -0.132. The summed E-state index contributed by atoms with van der Waals surface area (Å²) >= 11 is 0. The Morgan fingerprint density at radius 3 is 2.50 bits per heavy atom. The first kappa shape index (κ1) is 10.9. The molecule has 1 rings (SSSR count). The standard InChI is InChI=1S/C10H16N2O2/c1-12(2)9(11)7-3-5-8(6-4-7)10(13)14/h3,5,9H,4,6,11H2,1-2H3,(H,13,14). The van der Waals surface area contributed by atoms with Gasteiger partial charge in [0.05, 0.1) is 6.17 Å². The van der Waals surface area contributed by atoms with E-state index in [1.165, 1.54) is 0 Å². The van der Waals surface area contributed by atoms with Crippen molar-refractivity contribution in [2.75, 3.05) is 14.1 Å². The molecule has 14 heavy (non-hydrogen) atoms. The van der Waals surface area contributed by atoms with E-state index in [2.05, 4.69) is 0 Å². The number of hydrogen-bond acceptors (Lipinski definition) is 3. The van der Waals surface area contributed by atoms with Crippen molar-refractivity contribution in [3.8, 4) is 0 Å². The van der Waals surface area contributed by atoms with E-state index in [1.54, 1.807) is 6.08 Å². The highest BCUT2D eigenvalue weighted by Gasteiger charge is 2.17. The first-order valence-corrected chi connectivity index (χ1v) is 4.57. The third-order valence-corrected chi connectivity index (χ3v) is 2.39. The molecule has 4 heteroatoms. The number of nitrogens with two attached hydrogens (primary N) is 1. The van der Waals surface area contributed by atoms with Crippen molar-refractivity contribution in [2.24, 2.45) is 5.73 Å². The van der Waals surface area contributed by atoms with Crippen molar-refractivity contribution < 1.29 is 9.90 Å². The van der Waals surface area contributed by atoms with Crippen LogP contribution in [0.1, 0.15) is 12.8 Å². The predicted octanol–water partition coefficient (Wildman–Crippen LogP) is 0.564. The molecule has 0 bridgehead atoms. The smallest absolute Gasteiger partial charge is 0.331 e. The number of hydrogen-bond donors (Lipinski definition) is 2. The summed E-state index contributed by atoms with van der Waals surface area (Å²) in [4.78, 5) is 12.5. The molecule has 0 spiro atoms. The second-order valence-electron chi connectivity index (χ2n) is 3.65. The molecule has 0 aromatic rings. The van der Waals surface area contributed by atoms with Crippen molar-refractivity contribution in [1.82, 2.24) is 4.90 Å². The number of carboxylic acids is 1. The zero-order valence-electron chi connectivity index (χ0n) is 8.53. The molecule has 1 aliphatic carbocycles. The van der Waals surface area contributed by atoms with E-state index < -0.39 is 5.97 Å². The molecular formula is C10H16N2O2. The molecule has 3 N–H and O–H groups in total. The molecule has 0 saturated heterocycles. The Hall–Kier alpha value is -1.13. The van der Waals surface area contributed by atoms with E-state index in [9.17, 15) is 4.79 Å². The second kappa shape index (κ2) is 4.39. The van der Waals surface area contributed by atoms with Crippen molar-refractivity contribution >= 4 is 5.97 Å². The van der Waals surface area contributed by atoms with Gasteiger partial charge in [0, 0.05) is 5.57 Å². The van der Waals surface area contributed by atoms with Crippen LogP contribution in [0.4, 0.5) is 0 Å². The minimum atomic E-state index is -0.835. The van der Waals surface area contributed by atoms with Gasteiger partial charge in [0.1, 0.15) is 0 Å².